The zero-order valence-electron chi connectivity index (χ0n) is 10.8. The van der Waals surface area contributed by atoms with Crippen molar-refractivity contribution in [2.45, 2.75) is 19.9 Å². The van der Waals surface area contributed by atoms with Gasteiger partial charge in [0.15, 0.2) is 0 Å². The van der Waals surface area contributed by atoms with E-state index in [1.165, 1.54) is 0 Å². The number of urea groups is 1. The molecule has 0 aromatic carbocycles. The molecule has 0 aliphatic carbocycles. The zero-order valence-corrected chi connectivity index (χ0v) is 11.7. The number of nitrogens with zero attached hydrogens (tertiary/aromatic N) is 3. The monoisotopic (exact) mass is 258 g/mol. The summed E-state index contributed by atoms with van der Waals surface area (Å²) in [6, 6.07) is 0.223. The number of rotatable bonds is 3. The van der Waals surface area contributed by atoms with Gasteiger partial charge in [0, 0.05) is 39.8 Å². The third kappa shape index (κ3) is 3.54. The molecular formula is C11H22N4OS. The zero-order chi connectivity index (χ0) is 13.0. The topological polar surface area (TPSA) is 52.8 Å². The summed E-state index contributed by atoms with van der Waals surface area (Å²) in [5.74, 6) is 0. The summed E-state index contributed by atoms with van der Waals surface area (Å²) in [6.07, 6.45) is 0. The molecule has 5 nitrogen and oxygen atoms in total. The fourth-order valence-electron chi connectivity index (χ4n) is 1.86. The molecule has 1 saturated heterocycles. The highest BCUT2D eigenvalue weighted by Gasteiger charge is 2.26. The molecule has 2 N–H and O–H groups in total. The van der Waals surface area contributed by atoms with Crippen molar-refractivity contribution < 1.29 is 4.79 Å². The van der Waals surface area contributed by atoms with Gasteiger partial charge in [0.25, 0.3) is 0 Å². The Hall–Kier alpha value is -0.880. The van der Waals surface area contributed by atoms with E-state index in [2.05, 4.69) is 4.90 Å². The van der Waals surface area contributed by atoms with Crippen molar-refractivity contribution in [3.63, 3.8) is 0 Å². The van der Waals surface area contributed by atoms with Crippen LogP contribution in [0.3, 0.4) is 0 Å². The van der Waals surface area contributed by atoms with Crippen molar-refractivity contribution in [2.24, 2.45) is 5.73 Å². The van der Waals surface area contributed by atoms with E-state index in [4.69, 9.17) is 18.0 Å². The van der Waals surface area contributed by atoms with E-state index in [0.717, 1.165) is 32.7 Å². The molecule has 1 unspecified atom stereocenters. The van der Waals surface area contributed by atoms with Gasteiger partial charge in [-0.3, -0.25) is 4.90 Å². The lowest BCUT2D eigenvalue weighted by Gasteiger charge is -2.38. The van der Waals surface area contributed by atoms with Crippen LogP contribution in [0.15, 0.2) is 0 Å². The van der Waals surface area contributed by atoms with Crippen molar-refractivity contribution in [1.82, 2.24) is 14.7 Å². The third-order valence-electron chi connectivity index (χ3n) is 3.35. The summed E-state index contributed by atoms with van der Waals surface area (Å²) in [7, 11) is 1.83. The number of carbonyl (C=O) groups is 1. The molecule has 0 radical (unpaired) electrons. The fraction of sp³-hybridized carbons (Fsp3) is 0.818. The molecule has 1 rings (SSSR count). The molecule has 0 spiro atoms. The van der Waals surface area contributed by atoms with E-state index >= 15 is 0 Å². The lowest BCUT2D eigenvalue weighted by molar-refractivity contribution is 0.114. The van der Waals surface area contributed by atoms with Crippen LogP contribution in [0.4, 0.5) is 4.79 Å². The molecule has 0 bridgehead atoms. The predicted octanol–water partition coefficient (Wildman–Crippen LogP) is 0.350. The van der Waals surface area contributed by atoms with Crippen molar-refractivity contribution in [2.75, 3.05) is 39.8 Å². The quantitative estimate of drug-likeness (QED) is 0.742. The first-order valence-electron chi connectivity index (χ1n) is 6.00. The predicted molar refractivity (Wildman–Crippen MR) is 73.1 cm³/mol. The fourth-order valence-corrected chi connectivity index (χ4v) is 2.01. The Labute approximate surface area is 109 Å². The minimum atomic E-state index is 0.107. The summed E-state index contributed by atoms with van der Waals surface area (Å²) in [5.41, 5.74) is 5.63. The van der Waals surface area contributed by atoms with E-state index < -0.39 is 0 Å². The average Bonchev–Trinajstić information content (AvgIpc) is 2.36. The standard InChI is InChI=1S/C11H22N4OS/c1-4-13(3)11(16)15-7-5-14(6-8-15)9(2)10(12)17/h9H,4-8H2,1-3H3,(H2,12,17). The van der Waals surface area contributed by atoms with Gasteiger partial charge >= 0.3 is 6.03 Å². The van der Waals surface area contributed by atoms with Gasteiger partial charge in [-0.25, -0.2) is 4.79 Å². The highest BCUT2D eigenvalue weighted by molar-refractivity contribution is 7.80. The van der Waals surface area contributed by atoms with Gasteiger partial charge in [-0.2, -0.15) is 0 Å². The number of hydrogen-bond acceptors (Lipinski definition) is 3. The summed E-state index contributed by atoms with van der Waals surface area (Å²) in [5, 5.41) is 0. The van der Waals surface area contributed by atoms with Gasteiger partial charge in [0.2, 0.25) is 0 Å². The van der Waals surface area contributed by atoms with Crippen molar-refractivity contribution in [1.29, 1.82) is 0 Å². The Bertz CT molecular complexity index is 289. The molecule has 0 aromatic heterocycles. The highest BCUT2D eigenvalue weighted by atomic mass is 32.1. The van der Waals surface area contributed by atoms with Crippen LogP contribution in [0.1, 0.15) is 13.8 Å². The maximum Gasteiger partial charge on any atom is 0.319 e. The molecule has 0 aromatic rings. The van der Waals surface area contributed by atoms with Crippen molar-refractivity contribution in [3.8, 4) is 0 Å². The van der Waals surface area contributed by atoms with E-state index in [0.29, 0.717) is 4.99 Å². The van der Waals surface area contributed by atoms with Gasteiger partial charge in [0.1, 0.15) is 0 Å². The first-order chi connectivity index (χ1) is 7.97. The van der Waals surface area contributed by atoms with Crippen LogP contribution in [0.5, 0.6) is 0 Å². The van der Waals surface area contributed by atoms with Gasteiger partial charge < -0.3 is 15.5 Å². The molecule has 0 saturated carbocycles. The van der Waals surface area contributed by atoms with Gasteiger partial charge in [-0.05, 0) is 13.8 Å². The Morgan fingerprint density at radius 3 is 2.35 bits per heavy atom. The Morgan fingerprint density at radius 1 is 1.41 bits per heavy atom. The summed E-state index contributed by atoms with van der Waals surface area (Å²) >= 11 is 4.99. The number of amides is 2. The summed E-state index contributed by atoms with van der Waals surface area (Å²) in [6.45, 7) is 7.89. The largest absolute Gasteiger partial charge is 0.392 e. The second kappa shape index (κ2) is 6.16. The average molecular weight is 258 g/mol. The molecule has 17 heavy (non-hydrogen) atoms. The molecule has 6 heteroatoms. The lowest BCUT2D eigenvalue weighted by Crippen LogP contribution is -2.55. The second-order valence-corrected chi connectivity index (χ2v) is 4.87. The minimum Gasteiger partial charge on any atom is -0.392 e. The van der Waals surface area contributed by atoms with E-state index in [1.54, 1.807) is 4.90 Å². The minimum absolute atomic E-state index is 0.107. The number of hydrogen-bond donors (Lipinski definition) is 1. The molecule has 1 aliphatic rings. The maximum atomic E-state index is 11.9. The second-order valence-electron chi connectivity index (χ2n) is 4.40. The molecule has 98 valence electrons. The molecule has 1 heterocycles. The van der Waals surface area contributed by atoms with Crippen molar-refractivity contribution >= 4 is 23.2 Å². The van der Waals surface area contributed by atoms with Gasteiger partial charge in [-0.1, -0.05) is 12.2 Å². The Balaban J connectivity index is 2.45. The Kier molecular flexibility index (Phi) is 5.14. The number of piperazine rings is 1. The number of thiocarbonyl (C=S) groups is 1. The van der Waals surface area contributed by atoms with Gasteiger partial charge in [0.05, 0.1) is 11.0 Å². The molecule has 1 atom stereocenters. The van der Waals surface area contributed by atoms with Gasteiger partial charge in [-0.15, -0.1) is 0 Å². The van der Waals surface area contributed by atoms with Crippen LogP contribution in [-0.2, 0) is 0 Å². The van der Waals surface area contributed by atoms with Crippen LogP contribution in [-0.4, -0.2) is 71.5 Å². The number of nitrogens with two attached hydrogens (primary N) is 1. The van der Waals surface area contributed by atoms with E-state index in [9.17, 15) is 4.79 Å². The summed E-state index contributed by atoms with van der Waals surface area (Å²) in [4.78, 5) is 18.3. The third-order valence-corrected chi connectivity index (χ3v) is 3.69. The van der Waals surface area contributed by atoms with E-state index in [1.807, 2.05) is 25.8 Å². The van der Waals surface area contributed by atoms with Crippen molar-refractivity contribution in [3.05, 3.63) is 0 Å². The maximum absolute atomic E-state index is 11.9. The number of carbonyl (C=O) groups excluding carboxylic acids is 1. The summed E-state index contributed by atoms with van der Waals surface area (Å²) < 4.78 is 0. The first kappa shape index (κ1) is 14.2. The Morgan fingerprint density at radius 2 is 1.94 bits per heavy atom. The molecule has 2 amide bonds. The van der Waals surface area contributed by atoms with Crippen LogP contribution in [0, 0.1) is 0 Å². The van der Waals surface area contributed by atoms with Crippen LogP contribution < -0.4 is 5.73 Å². The smallest absolute Gasteiger partial charge is 0.319 e. The highest BCUT2D eigenvalue weighted by Crippen LogP contribution is 2.08. The van der Waals surface area contributed by atoms with Crippen LogP contribution in [0.25, 0.3) is 0 Å². The van der Waals surface area contributed by atoms with E-state index in [-0.39, 0.29) is 12.1 Å². The lowest BCUT2D eigenvalue weighted by atomic mass is 10.2. The SMILES string of the molecule is CCN(C)C(=O)N1CCN(C(C)C(N)=S)CC1. The van der Waals surface area contributed by atoms with Crippen LogP contribution in [0.2, 0.25) is 0 Å². The normalized spacial score (nSPS) is 18.9. The molecule has 1 fully saturated rings. The molecular weight excluding hydrogens is 236 g/mol. The first-order valence-corrected chi connectivity index (χ1v) is 6.41. The van der Waals surface area contributed by atoms with Crippen LogP contribution >= 0.6 is 12.2 Å². The molecule has 1 aliphatic heterocycles.